The molecule has 19 heteroatoms. The summed E-state index contributed by atoms with van der Waals surface area (Å²) in [5.41, 5.74) is -0.270. The molecule has 0 spiro atoms. The summed E-state index contributed by atoms with van der Waals surface area (Å²) in [5.74, 6) is -3.09. The minimum absolute atomic E-state index is 0.163. The highest BCUT2D eigenvalue weighted by atomic mass is 16.7. The number of methoxy groups -OCH3 is 1. The molecule has 3 fully saturated rings. The fourth-order valence-corrected chi connectivity index (χ4v) is 12.9. The van der Waals surface area contributed by atoms with E-state index in [0.29, 0.717) is 25.9 Å². The molecule has 442 valence electrons. The zero-order valence-corrected chi connectivity index (χ0v) is 49.7. The molecule has 1 aromatic carbocycles. The van der Waals surface area contributed by atoms with E-state index < -0.39 is 95.6 Å². The Morgan fingerprint density at radius 1 is 0.833 bits per heavy atom. The fraction of sp³-hybridized carbons (Fsp3) is 0.814. The summed E-state index contributed by atoms with van der Waals surface area (Å²) < 4.78 is 36.1. The molecule has 2 aromatic heterocycles. The number of carbonyl (C=O) groups is 1. The Morgan fingerprint density at radius 2 is 1.51 bits per heavy atom. The third kappa shape index (κ3) is 15.7. The zero-order valence-electron chi connectivity index (χ0n) is 49.7. The number of esters is 1. The molecular formula is C59H100N8O11. The van der Waals surface area contributed by atoms with E-state index in [4.69, 9.17) is 23.7 Å². The lowest BCUT2D eigenvalue weighted by Gasteiger charge is -2.51. The van der Waals surface area contributed by atoms with Crippen molar-refractivity contribution in [1.82, 2.24) is 39.8 Å². The number of carbonyl (C=O) groups excluding carboxylic acids is 1. The van der Waals surface area contributed by atoms with Crippen LogP contribution in [-0.4, -0.2) is 190 Å². The Kier molecular flexibility index (Phi) is 22.9. The second-order valence-corrected chi connectivity index (χ2v) is 24.6. The number of aliphatic hydroxyl groups excluding tert-OH is 3. The number of nitrogens with zero attached hydrogens (tertiary/aromatic N) is 8. The minimum atomic E-state index is -1.81. The van der Waals surface area contributed by atoms with Crippen LogP contribution in [0.5, 0.6) is 0 Å². The maximum atomic E-state index is 14.7. The lowest BCUT2D eigenvalue weighted by atomic mass is 9.68. The third-order valence-corrected chi connectivity index (χ3v) is 17.9. The van der Waals surface area contributed by atoms with Crippen LogP contribution in [0.3, 0.4) is 0 Å². The Balaban J connectivity index is 1.14. The number of aryl methyl sites for hydroxylation is 3. The van der Waals surface area contributed by atoms with Gasteiger partial charge in [-0.1, -0.05) is 76.4 Å². The van der Waals surface area contributed by atoms with Gasteiger partial charge in [0.15, 0.2) is 6.29 Å². The summed E-state index contributed by atoms with van der Waals surface area (Å²) >= 11 is 0. The van der Waals surface area contributed by atoms with Crippen molar-refractivity contribution in [2.45, 2.75) is 250 Å². The molecule has 19 nitrogen and oxygen atoms in total. The standard InChI is InChI=1S/C59H100N8O11/c1-15-17-18-19-23-44-36-67(63-61-44)46-26-24-43(25-27-46)22-20-21-29-66-35-45(60-62-66)28-30-64(12)47-31-38(4)75-56(51(47)68)78-54-39(5)50(48-33-58(10,74-14)53(70)42(8)76-48)40(6)55(71)77-49(16-2)59(11,73)52(69)41(7)65(13)34-37(3)32-57(54,9)72/h24-27,35-42,47-54,56,68-70,72-73H,15-23,28-34H2,1-14H3/t37-,38-,39+,40-,41-,42+,47+,48-,49-,50?,51-,52-,53+,54-,56+,57-,58-,59-/m1/s1. The van der Waals surface area contributed by atoms with Gasteiger partial charge in [-0.15, -0.1) is 10.2 Å². The van der Waals surface area contributed by atoms with Crippen molar-refractivity contribution in [1.29, 1.82) is 0 Å². The molecule has 3 aliphatic rings. The summed E-state index contributed by atoms with van der Waals surface area (Å²) in [4.78, 5) is 18.7. The van der Waals surface area contributed by atoms with Crippen LogP contribution < -0.4 is 0 Å². The smallest absolute Gasteiger partial charge is 0.309 e. The van der Waals surface area contributed by atoms with Gasteiger partial charge in [0.1, 0.15) is 30.0 Å². The Morgan fingerprint density at radius 3 is 2.19 bits per heavy atom. The van der Waals surface area contributed by atoms with Gasteiger partial charge in [0.05, 0.1) is 64.8 Å². The van der Waals surface area contributed by atoms with Gasteiger partial charge in [0.2, 0.25) is 0 Å². The second kappa shape index (κ2) is 28.0. The number of rotatable bonds is 20. The average Bonchev–Trinajstić information content (AvgIpc) is 4.12. The van der Waals surface area contributed by atoms with E-state index in [0.717, 1.165) is 55.7 Å². The van der Waals surface area contributed by atoms with Crippen LogP contribution in [0.4, 0.5) is 0 Å². The molecule has 0 saturated carbocycles. The van der Waals surface area contributed by atoms with Gasteiger partial charge in [-0.25, -0.2) is 4.68 Å². The van der Waals surface area contributed by atoms with Gasteiger partial charge < -0.3 is 59.0 Å². The zero-order chi connectivity index (χ0) is 57.3. The van der Waals surface area contributed by atoms with Crippen LogP contribution in [0.25, 0.3) is 5.69 Å². The van der Waals surface area contributed by atoms with E-state index in [1.165, 1.54) is 31.7 Å². The molecule has 6 rings (SSSR count). The van der Waals surface area contributed by atoms with Crippen molar-refractivity contribution in [2.75, 3.05) is 34.3 Å². The van der Waals surface area contributed by atoms with Gasteiger partial charge in [-0.2, -0.15) is 0 Å². The molecule has 3 aromatic rings. The van der Waals surface area contributed by atoms with Crippen LogP contribution >= 0.6 is 0 Å². The lowest BCUT2D eigenvalue weighted by Crippen LogP contribution is -2.62. The van der Waals surface area contributed by atoms with Gasteiger partial charge in [-0.3, -0.25) is 9.48 Å². The van der Waals surface area contributed by atoms with Crippen LogP contribution in [0.1, 0.15) is 157 Å². The predicted molar refractivity (Wildman–Crippen MR) is 298 cm³/mol. The van der Waals surface area contributed by atoms with Crippen molar-refractivity contribution in [3.8, 4) is 5.69 Å². The topological polar surface area (TPSA) is 232 Å². The van der Waals surface area contributed by atoms with Crippen LogP contribution in [-0.2, 0) is 54.3 Å². The summed E-state index contributed by atoms with van der Waals surface area (Å²) in [7, 11) is 5.38. The van der Waals surface area contributed by atoms with E-state index in [2.05, 4.69) is 56.7 Å². The molecule has 0 bridgehead atoms. The first kappa shape index (κ1) is 63.7. The van der Waals surface area contributed by atoms with E-state index >= 15 is 0 Å². The largest absolute Gasteiger partial charge is 0.459 e. The number of aliphatic hydroxyl groups is 5. The highest BCUT2D eigenvalue weighted by Gasteiger charge is 2.55. The number of likely N-dealkylation sites (N-methyl/N-ethyl adjacent to an activating group) is 2. The fourth-order valence-electron chi connectivity index (χ4n) is 12.9. The highest BCUT2D eigenvalue weighted by Crippen LogP contribution is 2.45. The monoisotopic (exact) mass is 1100 g/mol. The normalized spacial score (nSPS) is 37.0. The Labute approximate surface area is 465 Å². The molecule has 18 atom stereocenters. The molecule has 0 radical (unpaired) electrons. The van der Waals surface area contributed by atoms with Crippen molar-refractivity contribution in [2.24, 2.45) is 23.7 Å². The number of cyclic esters (lactones) is 1. The van der Waals surface area contributed by atoms with Crippen LogP contribution in [0, 0.1) is 23.7 Å². The minimum Gasteiger partial charge on any atom is -0.459 e. The van der Waals surface area contributed by atoms with E-state index in [1.54, 1.807) is 34.8 Å². The summed E-state index contributed by atoms with van der Waals surface area (Å²) in [5, 5.41) is 77.9. The number of ether oxygens (including phenoxy) is 5. The molecule has 0 amide bonds. The number of unbranched alkanes of at least 4 members (excludes halogenated alkanes) is 4. The number of aromatic nitrogens is 6. The van der Waals surface area contributed by atoms with Crippen LogP contribution in [0.2, 0.25) is 0 Å². The van der Waals surface area contributed by atoms with Crippen LogP contribution in [0.15, 0.2) is 36.7 Å². The van der Waals surface area contributed by atoms with Gasteiger partial charge in [0, 0.05) is 63.8 Å². The lowest BCUT2D eigenvalue weighted by molar-refractivity contribution is -0.302. The van der Waals surface area contributed by atoms with E-state index in [1.807, 2.05) is 75.4 Å². The Hall–Kier alpha value is -3.47. The first-order valence-corrected chi connectivity index (χ1v) is 29.3. The molecule has 78 heavy (non-hydrogen) atoms. The van der Waals surface area contributed by atoms with E-state index in [-0.39, 0.29) is 37.3 Å². The molecular weight excluding hydrogens is 997 g/mol. The van der Waals surface area contributed by atoms with E-state index in [9.17, 15) is 30.3 Å². The first-order valence-electron chi connectivity index (χ1n) is 29.3. The highest BCUT2D eigenvalue weighted by molar-refractivity contribution is 5.73. The number of hydrogen-bond acceptors (Lipinski definition) is 17. The first-order chi connectivity index (χ1) is 36.8. The molecule has 3 aliphatic heterocycles. The summed E-state index contributed by atoms with van der Waals surface area (Å²) in [6.45, 7) is 22.1. The average molecular weight is 1100 g/mol. The molecule has 1 unspecified atom stereocenters. The molecule has 5 N–H and O–H groups in total. The quantitative estimate of drug-likeness (QED) is 0.0635. The summed E-state index contributed by atoms with van der Waals surface area (Å²) in [6, 6.07) is 7.61. The maximum Gasteiger partial charge on any atom is 0.309 e. The molecule has 0 aliphatic carbocycles. The SMILES string of the molecule is CCCCCCc1cn(-c2ccc(CCCCn3cc(CCN(C)[C@H]4C[C@@H](C)O[C@@H](O[C@@H]5[C@@H](C)C([C@H]6C[C@@](C)(OC)[C@@H](O)[C@H](C)O6)[C@@H](C)C(=O)O[C@H](CC)[C@@](C)(O)[C@H](O)[C@@H](C)N(C)C[C@H](C)C[C@@]5(C)O)[C@@H]4O)nn3)cc2)nn1. The van der Waals surface area contributed by atoms with Crippen molar-refractivity contribution in [3.63, 3.8) is 0 Å². The summed E-state index contributed by atoms with van der Waals surface area (Å²) in [6.07, 6.45) is 6.13. The molecule has 3 saturated heterocycles. The maximum absolute atomic E-state index is 14.7. The van der Waals surface area contributed by atoms with Crippen molar-refractivity contribution in [3.05, 3.63) is 53.6 Å². The number of benzene rings is 1. The molecule has 5 heterocycles. The van der Waals surface area contributed by atoms with Crippen molar-refractivity contribution < 1.29 is 54.0 Å². The third-order valence-electron chi connectivity index (χ3n) is 17.9. The van der Waals surface area contributed by atoms with Gasteiger partial charge in [-0.05, 0) is 137 Å². The Bertz CT molecular complexity index is 2280. The van der Waals surface area contributed by atoms with Gasteiger partial charge >= 0.3 is 5.97 Å². The van der Waals surface area contributed by atoms with Gasteiger partial charge in [0.25, 0.3) is 0 Å². The second-order valence-electron chi connectivity index (χ2n) is 24.6. The number of hydrogen-bond donors (Lipinski definition) is 5. The van der Waals surface area contributed by atoms with Crippen molar-refractivity contribution >= 4 is 5.97 Å². The predicted octanol–water partition coefficient (Wildman–Crippen LogP) is 6.11.